The second kappa shape index (κ2) is 6.20. The standard InChI is InChI=1S/C18H26N2O/c1-3-9-18(11-16(21-2)12-19-13-18)14-20-10-8-15-6-4-5-7-17(15)20/h4-8,10,16,19H,3,9,11-14H2,1-2H3. The third-order valence-electron chi connectivity index (χ3n) is 4.83. The van der Waals surface area contributed by atoms with Crippen LogP contribution in [-0.2, 0) is 11.3 Å². The Balaban J connectivity index is 1.87. The first-order chi connectivity index (χ1) is 10.3. The van der Waals surface area contributed by atoms with Gasteiger partial charge in [-0.05, 0) is 30.4 Å². The highest BCUT2D eigenvalue weighted by Gasteiger charge is 2.36. The Hall–Kier alpha value is -1.32. The molecule has 3 rings (SSSR count). The lowest BCUT2D eigenvalue weighted by Gasteiger charge is -2.41. The van der Waals surface area contributed by atoms with Crippen molar-refractivity contribution in [2.24, 2.45) is 5.41 Å². The number of ether oxygens (including phenoxy) is 1. The average molecular weight is 286 g/mol. The molecule has 2 aromatic rings. The fourth-order valence-corrected chi connectivity index (χ4v) is 3.85. The van der Waals surface area contributed by atoms with Gasteiger partial charge in [0, 0.05) is 43.9 Å². The van der Waals surface area contributed by atoms with Crippen molar-refractivity contribution in [2.75, 3.05) is 20.2 Å². The van der Waals surface area contributed by atoms with Crippen molar-refractivity contribution in [1.29, 1.82) is 0 Å². The van der Waals surface area contributed by atoms with Crippen molar-refractivity contribution in [3.05, 3.63) is 36.5 Å². The molecule has 3 heteroatoms. The monoisotopic (exact) mass is 286 g/mol. The average Bonchev–Trinajstić information content (AvgIpc) is 2.91. The minimum Gasteiger partial charge on any atom is -0.380 e. The highest BCUT2D eigenvalue weighted by molar-refractivity contribution is 5.79. The van der Waals surface area contributed by atoms with Crippen LogP contribution in [0.3, 0.4) is 0 Å². The summed E-state index contributed by atoms with van der Waals surface area (Å²) in [6.07, 6.45) is 6.19. The molecule has 1 aliphatic rings. The number of fused-ring (bicyclic) bond motifs is 1. The van der Waals surface area contributed by atoms with Gasteiger partial charge >= 0.3 is 0 Å². The van der Waals surface area contributed by atoms with E-state index in [1.807, 2.05) is 7.11 Å². The number of nitrogens with zero attached hydrogens (tertiary/aromatic N) is 1. The molecule has 0 amide bonds. The van der Waals surface area contributed by atoms with E-state index in [1.54, 1.807) is 0 Å². The minimum atomic E-state index is 0.301. The molecule has 2 heterocycles. The number of aromatic nitrogens is 1. The van der Waals surface area contributed by atoms with Crippen LogP contribution in [0.1, 0.15) is 26.2 Å². The maximum absolute atomic E-state index is 5.63. The molecule has 1 fully saturated rings. The largest absolute Gasteiger partial charge is 0.380 e. The summed E-state index contributed by atoms with van der Waals surface area (Å²) in [5, 5.41) is 4.91. The van der Waals surface area contributed by atoms with Crippen LogP contribution in [0.5, 0.6) is 0 Å². The van der Waals surface area contributed by atoms with E-state index < -0.39 is 0 Å². The van der Waals surface area contributed by atoms with Gasteiger partial charge in [0.1, 0.15) is 0 Å². The van der Waals surface area contributed by atoms with Crippen LogP contribution in [0.15, 0.2) is 36.5 Å². The third-order valence-corrected chi connectivity index (χ3v) is 4.83. The molecule has 1 aliphatic heterocycles. The molecule has 0 saturated carbocycles. The molecule has 1 aromatic carbocycles. The van der Waals surface area contributed by atoms with E-state index >= 15 is 0 Å². The zero-order chi connectivity index (χ0) is 14.7. The second-order valence-corrected chi connectivity index (χ2v) is 6.45. The van der Waals surface area contributed by atoms with Crippen molar-refractivity contribution in [3.8, 4) is 0 Å². The van der Waals surface area contributed by atoms with Gasteiger partial charge in [-0.1, -0.05) is 31.5 Å². The molecule has 0 spiro atoms. The fraction of sp³-hybridized carbons (Fsp3) is 0.556. The van der Waals surface area contributed by atoms with Gasteiger partial charge in [0.15, 0.2) is 0 Å². The van der Waals surface area contributed by atoms with Gasteiger partial charge in [-0.25, -0.2) is 0 Å². The van der Waals surface area contributed by atoms with E-state index in [0.717, 1.165) is 26.1 Å². The molecule has 21 heavy (non-hydrogen) atoms. The van der Waals surface area contributed by atoms with Gasteiger partial charge in [-0.3, -0.25) is 0 Å². The number of para-hydroxylation sites is 1. The van der Waals surface area contributed by atoms with Crippen molar-refractivity contribution in [2.45, 2.75) is 38.8 Å². The maximum atomic E-state index is 5.63. The summed E-state index contributed by atoms with van der Waals surface area (Å²) >= 11 is 0. The number of methoxy groups -OCH3 is 1. The van der Waals surface area contributed by atoms with Crippen molar-refractivity contribution in [1.82, 2.24) is 9.88 Å². The summed E-state index contributed by atoms with van der Waals surface area (Å²) in [7, 11) is 1.83. The zero-order valence-electron chi connectivity index (χ0n) is 13.1. The third kappa shape index (κ3) is 2.99. The van der Waals surface area contributed by atoms with Gasteiger partial charge in [-0.15, -0.1) is 0 Å². The smallest absolute Gasteiger partial charge is 0.0702 e. The van der Waals surface area contributed by atoms with Crippen LogP contribution in [0.4, 0.5) is 0 Å². The Labute approximate surface area is 127 Å². The number of piperidine rings is 1. The number of hydrogen-bond acceptors (Lipinski definition) is 2. The van der Waals surface area contributed by atoms with E-state index in [4.69, 9.17) is 4.74 Å². The van der Waals surface area contributed by atoms with Gasteiger partial charge in [0.25, 0.3) is 0 Å². The first-order valence-corrected chi connectivity index (χ1v) is 8.04. The number of hydrogen-bond donors (Lipinski definition) is 1. The normalized spacial score (nSPS) is 26.3. The SMILES string of the molecule is CCCC1(Cn2ccc3ccccc32)CNCC(OC)C1. The van der Waals surface area contributed by atoms with Crippen LogP contribution < -0.4 is 5.32 Å². The Kier molecular flexibility index (Phi) is 4.32. The summed E-state index contributed by atoms with van der Waals surface area (Å²) in [5.41, 5.74) is 1.64. The number of benzene rings is 1. The van der Waals surface area contributed by atoms with E-state index in [2.05, 4.69) is 53.3 Å². The summed E-state index contributed by atoms with van der Waals surface area (Å²) in [4.78, 5) is 0. The molecule has 2 unspecified atom stereocenters. The van der Waals surface area contributed by atoms with Crippen LogP contribution in [0.25, 0.3) is 10.9 Å². The van der Waals surface area contributed by atoms with E-state index in [0.29, 0.717) is 11.5 Å². The molecular formula is C18H26N2O. The predicted octanol–water partition coefficient (Wildman–Crippen LogP) is 3.44. The quantitative estimate of drug-likeness (QED) is 0.911. The lowest BCUT2D eigenvalue weighted by molar-refractivity contribution is 0.0131. The van der Waals surface area contributed by atoms with Crippen LogP contribution in [0, 0.1) is 5.41 Å². The Bertz CT molecular complexity index is 588. The Morgan fingerprint density at radius 2 is 2.19 bits per heavy atom. The minimum absolute atomic E-state index is 0.301. The second-order valence-electron chi connectivity index (χ2n) is 6.45. The Morgan fingerprint density at radius 1 is 1.33 bits per heavy atom. The van der Waals surface area contributed by atoms with E-state index in [-0.39, 0.29) is 0 Å². The summed E-state index contributed by atoms with van der Waals surface area (Å²) in [6, 6.07) is 10.9. The molecule has 2 atom stereocenters. The molecule has 0 radical (unpaired) electrons. The van der Waals surface area contributed by atoms with Gasteiger partial charge in [0.05, 0.1) is 6.10 Å². The van der Waals surface area contributed by atoms with E-state index in [9.17, 15) is 0 Å². The highest BCUT2D eigenvalue weighted by atomic mass is 16.5. The molecular weight excluding hydrogens is 260 g/mol. The van der Waals surface area contributed by atoms with Crippen molar-refractivity contribution >= 4 is 10.9 Å². The lowest BCUT2D eigenvalue weighted by atomic mass is 9.76. The molecule has 1 N–H and O–H groups in total. The van der Waals surface area contributed by atoms with Crippen molar-refractivity contribution < 1.29 is 4.74 Å². The Morgan fingerprint density at radius 3 is 3.00 bits per heavy atom. The summed E-state index contributed by atoms with van der Waals surface area (Å²) in [5.74, 6) is 0. The summed E-state index contributed by atoms with van der Waals surface area (Å²) < 4.78 is 8.05. The molecule has 1 saturated heterocycles. The number of nitrogens with one attached hydrogen (secondary N) is 1. The van der Waals surface area contributed by atoms with E-state index in [1.165, 1.54) is 23.7 Å². The first kappa shape index (κ1) is 14.6. The number of rotatable bonds is 5. The zero-order valence-corrected chi connectivity index (χ0v) is 13.1. The highest BCUT2D eigenvalue weighted by Crippen LogP contribution is 2.35. The van der Waals surface area contributed by atoms with Crippen molar-refractivity contribution in [3.63, 3.8) is 0 Å². The molecule has 1 aromatic heterocycles. The molecule has 0 aliphatic carbocycles. The predicted molar refractivity (Wildman–Crippen MR) is 87.6 cm³/mol. The molecule has 114 valence electrons. The lowest BCUT2D eigenvalue weighted by Crippen LogP contribution is -2.49. The maximum Gasteiger partial charge on any atom is 0.0702 e. The first-order valence-electron chi connectivity index (χ1n) is 8.04. The topological polar surface area (TPSA) is 26.2 Å². The van der Waals surface area contributed by atoms with Gasteiger partial charge < -0.3 is 14.6 Å². The van der Waals surface area contributed by atoms with Crippen LogP contribution in [-0.4, -0.2) is 30.9 Å². The van der Waals surface area contributed by atoms with Crippen LogP contribution >= 0.6 is 0 Å². The molecule has 3 nitrogen and oxygen atoms in total. The summed E-state index contributed by atoms with van der Waals surface area (Å²) in [6.45, 7) is 5.43. The van der Waals surface area contributed by atoms with Crippen LogP contribution in [0.2, 0.25) is 0 Å². The molecule has 0 bridgehead atoms. The van der Waals surface area contributed by atoms with Gasteiger partial charge in [0.2, 0.25) is 0 Å². The fourth-order valence-electron chi connectivity index (χ4n) is 3.85. The van der Waals surface area contributed by atoms with Gasteiger partial charge in [-0.2, -0.15) is 0 Å².